The number of nitrogens with two attached hydrogens (primary N) is 1. The number of aryl methyl sites for hydroxylation is 1. The standard InChI is InChI=1S/C8H10O.C2H5NO.C2H6O/c1-7-5-3-4-6-8(7)9-2;3-1-2-4;1-3-2/h3-6H,1-2H3;2H,1,3H2;1-2H3. The van der Waals surface area contributed by atoms with Crippen molar-refractivity contribution in [3.63, 3.8) is 0 Å². The van der Waals surface area contributed by atoms with Crippen LogP contribution in [-0.4, -0.2) is 34.2 Å². The van der Waals surface area contributed by atoms with Gasteiger partial charge < -0.3 is 20.0 Å². The zero-order chi connectivity index (χ0) is 12.8. The average molecular weight is 227 g/mol. The lowest BCUT2D eigenvalue weighted by molar-refractivity contribution is -0.106. The molecular weight excluding hydrogens is 206 g/mol. The van der Waals surface area contributed by atoms with Crippen LogP contribution in [-0.2, 0) is 9.53 Å². The van der Waals surface area contributed by atoms with E-state index >= 15 is 0 Å². The molecule has 0 unspecified atom stereocenters. The Labute approximate surface area is 97.4 Å². The third-order valence-corrected chi connectivity index (χ3v) is 1.41. The molecule has 1 aromatic carbocycles. The van der Waals surface area contributed by atoms with Gasteiger partial charge in [0.25, 0.3) is 0 Å². The minimum atomic E-state index is 0.139. The van der Waals surface area contributed by atoms with Gasteiger partial charge in [-0.25, -0.2) is 0 Å². The number of para-hydroxylation sites is 1. The molecule has 4 heteroatoms. The van der Waals surface area contributed by atoms with Gasteiger partial charge in [0.2, 0.25) is 0 Å². The lowest BCUT2D eigenvalue weighted by Gasteiger charge is -2.00. The molecule has 4 nitrogen and oxygen atoms in total. The van der Waals surface area contributed by atoms with Gasteiger partial charge in [-0.05, 0) is 18.6 Å². The third-order valence-electron chi connectivity index (χ3n) is 1.41. The summed E-state index contributed by atoms with van der Waals surface area (Å²) in [5, 5.41) is 0. The number of methoxy groups -OCH3 is 2. The first-order valence-corrected chi connectivity index (χ1v) is 4.81. The maximum atomic E-state index is 9.05. The summed E-state index contributed by atoms with van der Waals surface area (Å²) in [5.74, 6) is 0.956. The minimum Gasteiger partial charge on any atom is -0.496 e. The van der Waals surface area contributed by atoms with Crippen molar-refractivity contribution >= 4 is 6.29 Å². The fourth-order valence-electron chi connectivity index (χ4n) is 0.785. The number of hydrogen-bond donors (Lipinski definition) is 1. The van der Waals surface area contributed by atoms with Crippen molar-refractivity contribution in [3.05, 3.63) is 29.8 Å². The molecule has 1 rings (SSSR count). The highest BCUT2D eigenvalue weighted by atomic mass is 16.5. The van der Waals surface area contributed by atoms with Gasteiger partial charge in [-0.15, -0.1) is 0 Å². The van der Waals surface area contributed by atoms with Gasteiger partial charge in [0.05, 0.1) is 7.11 Å². The van der Waals surface area contributed by atoms with Crippen LogP contribution in [0.2, 0.25) is 0 Å². The van der Waals surface area contributed by atoms with Gasteiger partial charge in [-0.1, -0.05) is 18.2 Å². The highest BCUT2D eigenvalue weighted by molar-refractivity contribution is 5.51. The highest BCUT2D eigenvalue weighted by Crippen LogP contribution is 2.14. The summed E-state index contributed by atoms with van der Waals surface area (Å²) in [6.07, 6.45) is 0.653. The Kier molecular flexibility index (Phi) is 14.5. The second-order valence-electron chi connectivity index (χ2n) is 2.78. The average Bonchev–Trinajstić information content (AvgIpc) is 2.31. The van der Waals surface area contributed by atoms with E-state index < -0.39 is 0 Å². The number of carbonyl (C=O) groups excluding carboxylic acids is 1. The highest BCUT2D eigenvalue weighted by Gasteiger charge is 1.90. The van der Waals surface area contributed by atoms with Crippen LogP contribution in [0.4, 0.5) is 0 Å². The molecule has 0 fully saturated rings. The molecule has 1 aromatic rings. The summed E-state index contributed by atoms with van der Waals surface area (Å²) in [6.45, 7) is 2.17. The molecule has 0 radical (unpaired) electrons. The molecule has 0 heterocycles. The Balaban J connectivity index is 0. The van der Waals surface area contributed by atoms with Crippen molar-refractivity contribution in [2.45, 2.75) is 6.92 Å². The van der Waals surface area contributed by atoms with Crippen LogP contribution >= 0.6 is 0 Å². The van der Waals surface area contributed by atoms with Gasteiger partial charge in [0, 0.05) is 20.8 Å². The predicted molar refractivity (Wildman–Crippen MR) is 65.8 cm³/mol. The van der Waals surface area contributed by atoms with Crippen LogP contribution in [0.1, 0.15) is 5.56 Å². The fourth-order valence-corrected chi connectivity index (χ4v) is 0.785. The van der Waals surface area contributed by atoms with Gasteiger partial charge in [-0.2, -0.15) is 0 Å². The Hall–Kier alpha value is -1.39. The summed E-state index contributed by atoms with van der Waals surface area (Å²) in [4.78, 5) is 9.05. The van der Waals surface area contributed by atoms with Gasteiger partial charge in [0.1, 0.15) is 12.0 Å². The molecule has 2 N–H and O–H groups in total. The normalized spacial score (nSPS) is 7.81. The Morgan fingerprint density at radius 2 is 1.69 bits per heavy atom. The lowest BCUT2D eigenvalue weighted by atomic mass is 10.2. The fraction of sp³-hybridized carbons (Fsp3) is 0.417. The van der Waals surface area contributed by atoms with Crippen LogP contribution in [0.15, 0.2) is 24.3 Å². The van der Waals surface area contributed by atoms with E-state index in [2.05, 4.69) is 10.5 Å². The summed E-state index contributed by atoms with van der Waals surface area (Å²) in [5.41, 5.74) is 5.84. The number of carbonyl (C=O) groups is 1. The van der Waals surface area contributed by atoms with Crippen molar-refractivity contribution in [3.8, 4) is 5.75 Å². The number of rotatable bonds is 2. The monoisotopic (exact) mass is 227 g/mol. The minimum absolute atomic E-state index is 0.139. The van der Waals surface area contributed by atoms with Crippen LogP contribution in [0.25, 0.3) is 0 Å². The number of aldehydes is 1. The third kappa shape index (κ3) is 10.7. The van der Waals surface area contributed by atoms with E-state index in [1.165, 1.54) is 5.56 Å². The van der Waals surface area contributed by atoms with Crippen molar-refractivity contribution < 1.29 is 14.3 Å². The molecule has 92 valence electrons. The van der Waals surface area contributed by atoms with E-state index in [1.54, 1.807) is 21.3 Å². The predicted octanol–water partition coefficient (Wildman–Crippen LogP) is 1.41. The van der Waals surface area contributed by atoms with Crippen molar-refractivity contribution in [1.29, 1.82) is 0 Å². The van der Waals surface area contributed by atoms with E-state index in [0.29, 0.717) is 6.29 Å². The summed E-state index contributed by atoms with van der Waals surface area (Å²) < 4.78 is 9.29. The van der Waals surface area contributed by atoms with Gasteiger partial charge in [0.15, 0.2) is 0 Å². The summed E-state index contributed by atoms with van der Waals surface area (Å²) >= 11 is 0. The van der Waals surface area contributed by atoms with E-state index in [0.717, 1.165) is 5.75 Å². The molecule has 0 aromatic heterocycles. The molecule has 0 bridgehead atoms. The summed E-state index contributed by atoms with van der Waals surface area (Å²) in [6, 6.07) is 7.94. The zero-order valence-corrected chi connectivity index (χ0v) is 10.4. The van der Waals surface area contributed by atoms with Crippen LogP contribution in [0.3, 0.4) is 0 Å². The van der Waals surface area contributed by atoms with Crippen molar-refractivity contribution in [1.82, 2.24) is 0 Å². The maximum absolute atomic E-state index is 9.05. The molecule has 0 atom stereocenters. The number of hydrogen-bond acceptors (Lipinski definition) is 4. The second kappa shape index (κ2) is 13.6. The molecule has 16 heavy (non-hydrogen) atoms. The topological polar surface area (TPSA) is 61.6 Å². The second-order valence-corrected chi connectivity index (χ2v) is 2.78. The van der Waals surface area contributed by atoms with Gasteiger partial charge >= 0.3 is 0 Å². The zero-order valence-electron chi connectivity index (χ0n) is 10.4. The van der Waals surface area contributed by atoms with E-state index in [9.17, 15) is 0 Å². The number of ether oxygens (including phenoxy) is 2. The molecule has 0 amide bonds. The Morgan fingerprint density at radius 3 is 1.94 bits per heavy atom. The smallest absolute Gasteiger partial charge is 0.133 e. The van der Waals surface area contributed by atoms with Gasteiger partial charge in [-0.3, -0.25) is 0 Å². The molecular formula is C12H21NO3. The molecule has 0 aliphatic rings. The molecule has 0 aliphatic carbocycles. The molecule has 0 spiro atoms. The SMILES string of the molecule is COC.COc1ccccc1C.NCC=O. The van der Waals surface area contributed by atoms with Crippen LogP contribution < -0.4 is 10.5 Å². The van der Waals surface area contributed by atoms with Crippen LogP contribution in [0.5, 0.6) is 5.75 Å². The molecule has 0 saturated heterocycles. The Bertz CT molecular complexity index is 264. The first-order valence-electron chi connectivity index (χ1n) is 4.81. The van der Waals surface area contributed by atoms with Crippen LogP contribution in [0, 0.1) is 6.92 Å². The Morgan fingerprint density at radius 1 is 1.25 bits per heavy atom. The maximum Gasteiger partial charge on any atom is 0.133 e. The van der Waals surface area contributed by atoms with Crippen molar-refractivity contribution in [2.24, 2.45) is 5.73 Å². The molecule has 0 aliphatic heterocycles. The first-order chi connectivity index (χ1) is 7.67. The first kappa shape index (κ1) is 17.0. The quantitative estimate of drug-likeness (QED) is 0.776. The van der Waals surface area contributed by atoms with Crippen molar-refractivity contribution in [2.75, 3.05) is 27.9 Å². The summed E-state index contributed by atoms with van der Waals surface area (Å²) in [7, 11) is 4.93. The lowest BCUT2D eigenvalue weighted by Crippen LogP contribution is -1.97. The van der Waals surface area contributed by atoms with E-state index in [-0.39, 0.29) is 6.54 Å². The van der Waals surface area contributed by atoms with E-state index in [4.69, 9.17) is 9.53 Å². The number of benzene rings is 1. The largest absolute Gasteiger partial charge is 0.496 e. The van der Waals surface area contributed by atoms with E-state index in [1.807, 2.05) is 31.2 Å². The molecule has 0 saturated carbocycles.